The zero-order valence-electron chi connectivity index (χ0n) is 13.8. The van der Waals surface area contributed by atoms with E-state index in [1.807, 2.05) is 12.1 Å². The van der Waals surface area contributed by atoms with E-state index in [2.05, 4.69) is 21.7 Å². The van der Waals surface area contributed by atoms with Crippen LogP contribution in [0.4, 0.5) is 0 Å². The summed E-state index contributed by atoms with van der Waals surface area (Å²) in [7, 11) is 0. The summed E-state index contributed by atoms with van der Waals surface area (Å²) in [5.41, 5.74) is 3.16. The molecule has 1 amide bonds. The number of ether oxygens (including phenoxy) is 1. The maximum atomic E-state index is 11.9. The van der Waals surface area contributed by atoms with Crippen LogP contribution in [0.1, 0.15) is 29.7 Å². The number of nitrogens with zero attached hydrogens (tertiary/aromatic N) is 3. The molecule has 0 aliphatic heterocycles. The van der Waals surface area contributed by atoms with Gasteiger partial charge in [-0.25, -0.2) is 4.68 Å². The molecule has 132 valence electrons. The van der Waals surface area contributed by atoms with Crippen LogP contribution in [0.25, 0.3) is 0 Å². The number of carboxylic acid groups (broad SMARTS) is 1. The number of amides is 1. The van der Waals surface area contributed by atoms with Crippen molar-refractivity contribution in [2.75, 3.05) is 6.61 Å². The lowest BCUT2D eigenvalue weighted by molar-refractivity contribution is -0.138. The van der Waals surface area contributed by atoms with Crippen LogP contribution in [0.15, 0.2) is 24.4 Å². The van der Waals surface area contributed by atoms with Gasteiger partial charge in [-0.2, -0.15) is 0 Å². The van der Waals surface area contributed by atoms with Crippen molar-refractivity contribution < 1.29 is 19.4 Å². The van der Waals surface area contributed by atoms with Crippen LogP contribution in [0.3, 0.4) is 0 Å². The van der Waals surface area contributed by atoms with Gasteiger partial charge in [0.1, 0.15) is 18.0 Å². The molecule has 0 saturated heterocycles. The third-order valence-corrected chi connectivity index (χ3v) is 4.04. The number of hydrogen-bond donors (Lipinski definition) is 2. The quantitative estimate of drug-likeness (QED) is 0.774. The van der Waals surface area contributed by atoms with E-state index in [1.165, 1.54) is 34.8 Å². The molecule has 0 unspecified atom stereocenters. The van der Waals surface area contributed by atoms with Gasteiger partial charge in [0.05, 0.1) is 12.7 Å². The molecule has 1 heterocycles. The highest BCUT2D eigenvalue weighted by Crippen LogP contribution is 2.25. The monoisotopic (exact) mass is 344 g/mol. The fourth-order valence-electron chi connectivity index (χ4n) is 2.82. The topological polar surface area (TPSA) is 106 Å². The van der Waals surface area contributed by atoms with E-state index in [-0.39, 0.29) is 25.6 Å². The zero-order chi connectivity index (χ0) is 17.6. The van der Waals surface area contributed by atoms with Gasteiger partial charge in [-0.1, -0.05) is 11.3 Å². The summed E-state index contributed by atoms with van der Waals surface area (Å²) in [6.45, 7) is -0.170. The maximum absolute atomic E-state index is 11.9. The first kappa shape index (κ1) is 16.9. The number of aryl methyl sites for hydroxylation is 2. The first-order valence-corrected chi connectivity index (χ1v) is 8.22. The van der Waals surface area contributed by atoms with Gasteiger partial charge in [-0.15, -0.1) is 5.10 Å². The van der Waals surface area contributed by atoms with Gasteiger partial charge in [0.15, 0.2) is 6.61 Å². The lowest BCUT2D eigenvalue weighted by Crippen LogP contribution is -2.28. The van der Waals surface area contributed by atoms with Crippen molar-refractivity contribution in [3.05, 3.63) is 41.2 Å². The van der Waals surface area contributed by atoms with E-state index in [9.17, 15) is 9.59 Å². The Bertz CT molecular complexity index is 772. The van der Waals surface area contributed by atoms with E-state index in [0.717, 1.165) is 12.8 Å². The Balaban J connectivity index is 1.45. The highest BCUT2D eigenvalue weighted by Gasteiger charge is 2.11. The van der Waals surface area contributed by atoms with Gasteiger partial charge < -0.3 is 15.2 Å². The summed E-state index contributed by atoms with van der Waals surface area (Å²) in [5.74, 6) is -0.576. The van der Waals surface area contributed by atoms with Crippen molar-refractivity contribution in [3.63, 3.8) is 0 Å². The number of rotatable bonds is 7. The molecule has 0 radical (unpaired) electrons. The van der Waals surface area contributed by atoms with E-state index in [1.54, 1.807) is 0 Å². The number of carbonyl (C=O) groups is 2. The molecule has 8 heteroatoms. The molecular formula is C17H20N4O4. The Morgan fingerprint density at radius 1 is 1.24 bits per heavy atom. The van der Waals surface area contributed by atoms with E-state index in [0.29, 0.717) is 11.4 Å². The van der Waals surface area contributed by atoms with Crippen molar-refractivity contribution in [3.8, 4) is 5.75 Å². The van der Waals surface area contributed by atoms with Gasteiger partial charge in [0.2, 0.25) is 0 Å². The Kier molecular flexibility index (Phi) is 5.27. The molecule has 1 aliphatic carbocycles. The molecule has 2 aromatic rings. The SMILES string of the molecule is O=C(O)Cn1cc(CNC(=O)COc2ccc3c(c2)CCCC3)nn1. The molecule has 0 spiro atoms. The molecule has 3 rings (SSSR count). The van der Waals surface area contributed by atoms with Crippen LogP contribution >= 0.6 is 0 Å². The van der Waals surface area contributed by atoms with Crippen LogP contribution < -0.4 is 10.1 Å². The minimum atomic E-state index is -1.00. The summed E-state index contributed by atoms with van der Waals surface area (Å²) in [5, 5.41) is 18.8. The Morgan fingerprint density at radius 3 is 2.84 bits per heavy atom. The number of carboxylic acids is 1. The highest BCUT2D eigenvalue weighted by molar-refractivity contribution is 5.77. The number of benzene rings is 1. The zero-order valence-corrected chi connectivity index (χ0v) is 13.8. The fraction of sp³-hybridized carbons (Fsp3) is 0.412. The largest absolute Gasteiger partial charge is 0.484 e. The third kappa shape index (κ3) is 4.79. The van der Waals surface area contributed by atoms with Gasteiger partial charge in [0, 0.05) is 0 Å². The van der Waals surface area contributed by atoms with E-state index < -0.39 is 5.97 Å². The molecule has 8 nitrogen and oxygen atoms in total. The molecular weight excluding hydrogens is 324 g/mol. The molecule has 1 aromatic heterocycles. The molecule has 1 aliphatic rings. The second kappa shape index (κ2) is 7.78. The van der Waals surface area contributed by atoms with Crippen molar-refractivity contribution in [1.82, 2.24) is 20.3 Å². The molecule has 0 fully saturated rings. The molecule has 2 N–H and O–H groups in total. The van der Waals surface area contributed by atoms with Crippen LogP contribution in [-0.2, 0) is 35.5 Å². The molecule has 0 saturated carbocycles. The van der Waals surface area contributed by atoms with Crippen LogP contribution in [0.2, 0.25) is 0 Å². The Morgan fingerprint density at radius 2 is 2.04 bits per heavy atom. The smallest absolute Gasteiger partial charge is 0.325 e. The summed E-state index contributed by atoms with van der Waals surface area (Å²) in [6.07, 6.45) is 6.08. The summed E-state index contributed by atoms with van der Waals surface area (Å²) in [4.78, 5) is 22.5. The normalized spacial score (nSPS) is 13.1. The van der Waals surface area contributed by atoms with Crippen molar-refractivity contribution in [2.24, 2.45) is 0 Å². The Labute approximate surface area is 144 Å². The number of aliphatic carboxylic acids is 1. The number of nitrogens with one attached hydrogen (secondary N) is 1. The number of hydrogen-bond acceptors (Lipinski definition) is 5. The first-order valence-electron chi connectivity index (χ1n) is 8.22. The van der Waals surface area contributed by atoms with Gasteiger partial charge in [-0.05, 0) is 48.9 Å². The lowest BCUT2D eigenvalue weighted by atomic mass is 9.92. The second-order valence-electron chi connectivity index (χ2n) is 6.00. The van der Waals surface area contributed by atoms with Crippen LogP contribution in [0, 0.1) is 0 Å². The average molecular weight is 344 g/mol. The van der Waals surface area contributed by atoms with E-state index >= 15 is 0 Å². The molecule has 0 bridgehead atoms. The second-order valence-corrected chi connectivity index (χ2v) is 6.00. The summed E-state index contributed by atoms with van der Waals surface area (Å²) in [6, 6.07) is 5.98. The lowest BCUT2D eigenvalue weighted by Gasteiger charge is -2.16. The van der Waals surface area contributed by atoms with Gasteiger partial charge in [0.25, 0.3) is 5.91 Å². The standard InChI is InChI=1S/C17H20N4O4/c22-16(18-8-14-9-21(20-19-14)10-17(23)24)11-25-15-6-5-12-3-1-2-4-13(12)7-15/h5-7,9H,1-4,8,10-11H2,(H,18,22)(H,23,24). The van der Waals surface area contributed by atoms with Crippen molar-refractivity contribution in [1.29, 1.82) is 0 Å². The Hall–Kier alpha value is -2.90. The van der Waals surface area contributed by atoms with E-state index in [4.69, 9.17) is 9.84 Å². The minimum Gasteiger partial charge on any atom is -0.484 e. The predicted octanol–water partition coefficient (Wildman–Crippen LogP) is 0.937. The molecule has 0 atom stereocenters. The van der Waals surface area contributed by atoms with Gasteiger partial charge >= 0.3 is 5.97 Å². The predicted molar refractivity (Wildman–Crippen MR) is 88.1 cm³/mol. The highest BCUT2D eigenvalue weighted by atomic mass is 16.5. The third-order valence-electron chi connectivity index (χ3n) is 4.04. The summed E-state index contributed by atoms with van der Waals surface area (Å²) >= 11 is 0. The number of fused-ring (bicyclic) bond motifs is 1. The van der Waals surface area contributed by atoms with Crippen molar-refractivity contribution in [2.45, 2.75) is 38.8 Å². The maximum Gasteiger partial charge on any atom is 0.325 e. The van der Waals surface area contributed by atoms with Crippen LogP contribution in [0.5, 0.6) is 5.75 Å². The minimum absolute atomic E-state index is 0.0813. The average Bonchev–Trinajstić information content (AvgIpc) is 3.04. The van der Waals surface area contributed by atoms with Gasteiger partial charge in [-0.3, -0.25) is 9.59 Å². The molecule has 25 heavy (non-hydrogen) atoms. The fourth-order valence-corrected chi connectivity index (χ4v) is 2.82. The number of carbonyl (C=O) groups excluding carboxylic acids is 1. The molecule has 1 aromatic carbocycles. The van der Waals surface area contributed by atoms with Crippen LogP contribution in [-0.4, -0.2) is 38.6 Å². The first-order chi connectivity index (χ1) is 12.1. The van der Waals surface area contributed by atoms with Crippen molar-refractivity contribution >= 4 is 11.9 Å². The number of aromatic nitrogens is 3. The summed E-state index contributed by atoms with van der Waals surface area (Å²) < 4.78 is 6.75.